The van der Waals surface area contributed by atoms with Crippen LogP contribution in [-0.4, -0.2) is 22.5 Å². The minimum Gasteiger partial charge on any atom is -0.387 e. The van der Waals surface area contributed by atoms with Gasteiger partial charge in [0.2, 0.25) is 0 Å². The van der Waals surface area contributed by atoms with Gasteiger partial charge in [0.05, 0.1) is 16.6 Å². The Bertz CT molecular complexity index is 793. The highest BCUT2D eigenvalue weighted by Crippen LogP contribution is 2.34. The number of hydrogen-bond donors (Lipinski definition) is 2. The third-order valence-electron chi connectivity index (χ3n) is 3.43. The summed E-state index contributed by atoms with van der Waals surface area (Å²) >= 11 is 0. The highest BCUT2D eigenvalue weighted by Gasteiger charge is 2.34. The fourth-order valence-corrected chi connectivity index (χ4v) is 2.27. The predicted octanol–water partition coefficient (Wildman–Crippen LogP) is 3.08. The fraction of sp³-hybridized carbons (Fsp3) is 0.188. The van der Waals surface area contributed by atoms with Crippen molar-refractivity contribution in [1.82, 2.24) is 5.32 Å². The lowest BCUT2D eigenvalue weighted by Crippen LogP contribution is -2.29. The molecule has 9 heteroatoms. The number of aliphatic hydroxyl groups excluding tert-OH is 1. The van der Waals surface area contributed by atoms with E-state index < -0.39 is 46.5 Å². The lowest BCUT2D eigenvalue weighted by molar-refractivity contribution is -0.385. The van der Waals surface area contributed by atoms with E-state index in [1.54, 1.807) is 0 Å². The van der Waals surface area contributed by atoms with Gasteiger partial charge in [-0.1, -0.05) is 30.3 Å². The van der Waals surface area contributed by atoms with Gasteiger partial charge in [-0.05, 0) is 17.7 Å². The summed E-state index contributed by atoms with van der Waals surface area (Å²) in [4.78, 5) is 22.2. The van der Waals surface area contributed by atoms with Crippen LogP contribution in [0.5, 0.6) is 0 Å². The zero-order valence-corrected chi connectivity index (χ0v) is 12.7. The van der Waals surface area contributed by atoms with Crippen molar-refractivity contribution >= 4 is 11.6 Å². The van der Waals surface area contributed by atoms with Crippen LogP contribution >= 0.6 is 0 Å². The van der Waals surface area contributed by atoms with Gasteiger partial charge in [0.15, 0.2) is 0 Å². The number of nitrogens with one attached hydrogen (secondary N) is 1. The molecule has 0 saturated heterocycles. The van der Waals surface area contributed by atoms with Crippen molar-refractivity contribution in [2.75, 3.05) is 6.54 Å². The van der Waals surface area contributed by atoms with Crippen molar-refractivity contribution in [2.24, 2.45) is 0 Å². The Labute approximate surface area is 140 Å². The van der Waals surface area contributed by atoms with Gasteiger partial charge in [-0.3, -0.25) is 14.9 Å². The van der Waals surface area contributed by atoms with Crippen molar-refractivity contribution in [3.05, 3.63) is 75.3 Å². The number of nitro benzene ring substituents is 1. The van der Waals surface area contributed by atoms with E-state index in [0.717, 1.165) is 18.2 Å². The number of nitrogens with zero attached hydrogens (tertiary/aromatic N) is 1. The lowest BCUT2D eigenvalue weighted by atomic mass is 10.0. The number of rotatable bonds is 5. The molecule has 0 bridgehead atoms. The molecule has 2 aromatic rings. The molecule has 0 aromatic heterocycles. The maximum atomic E-state index is 12.9. The second-order valence-electron chi connectivity index (χ2n) is 5.09. The number of amides is 1. The molecule has 0 aliphatic heterocycles. The molecule has 1 amide bonds. The third kappa shape index (κ3) is 4.32. The Kier molecular flexibility index (Phi) is 5.38. The van der Waals surface area contributed by atoms with Crippen LogP contribution in [0, 0.1) is 10.1 Å². The van der Waals surface area contributed by atoms with Gasteiger partial charge in [-0.25, -0.2) is 0 Å². The predicted molar refractivity (Wildman–Crippen MR) is 81.8 cm³/mol. The van der Waals surface area contributed by atoms with E-state index in [4.69, 9.17) is 0 Å². The molecule has 0 fully saturated rings. The van der Waals surface area contributed by atoms with Crippen LogP contribution < -0.4 is 5.32 Å². The van der Waals surface area contributed by atoms with E-state index in [9.17, 15) is 33.2 Å². The van der Waals surface area contributed by atoms with Gasteiger partial charge in [0, 0.05) is 12.6 Å². The number of halogens is 3. The largest absolute Gasteiger partial charge is 0.416 e. The number of para-hydroxylation sites is 1. The highest BCUT2D eigenvalue weighted by atomic mass is 19.4. The Morgan fingerprint density at radius 3 is 2.40 bits per heavy atom. The summed E-state index contributed by atoms with van der Waals surface area (Å²) in [7, 11) is 0. The first-order chi connectivity index (χ1) is 11.7. The number of aliphatic hydroxyl groups is 1. The summed E-state index contributed by atoms with van der Waals surface area (Å²) in [6.45, 7) is -0.530. The smallest absolute Gasteiger partial charge is 0.387 e. The second kappa shape index (κ2) is 7.31. The molecule has 1 unspecified atom stereocenters. The number of carbonyl (C=O) groups excluding carboxylic acids is 1. The molecule has 0 spiro atoms. The molecule has 1 atom stereocenters. The first-order valence-electron chi connectivity index (χ1n) is 7.07. The number of hydrogen-bond acceptors (Lipinski definition) is 4. The maximum absolute atomic E-state index is 12.9. The first kappa shape index (κ1) is 18.4. The lowest BCUT2D eigenvalue weighted by Gasteiger charge is -2.17. The summed E-state index contributed by atoms with van der Waals surface area (Å²) in [6, 6.07) is 9.57. The number of nitro groups is 1. The van der Waals surface area contributed by atoms with Crippen molar-refractivity contribution < 1.29 is 28.0 Å². The summed E-state index contributed by atoms with van der Waals surface area (Å²) in [6.07, 6.45) is -6.27. The average molecular weight is 354 g/mol. The van der Waals surface area contributed by atoms with Gasteiger partial charge in [-0.15, -0.1) is 0 Å². The third-order valence-corrected chi connectivity index (χ3v) is 3.43. The standard InChI is InChI=1S/C16H13F3N2O4/c17-16(18,19)12-7-3-1-5-10(12)14(22)9-20-15(23)11-6-2-4-8-13(11)21(24)25/h1-8,14,22H,9H2,(H,20,23). The minimum atomic E-state index is -4.65. The molecule has 6 nitrogen and oxygen atoms in total. The van der Waals surface area contributed by atoms with Gasteiger partial charge >= 0.3 is 6.18 Å². The quantitative estimate of drug-likeness (QED) is 0.637. The molecule has 0 aliphatic carbocycles. The van der Waals surface area contributed by atoms with Crippen LogP contribution in [0.25, 0.3) is 0 Å². The van der Waals surface area contributed by atoms with Crippen LogP contribution in [-0.2, 0) is 6.18 Å². The maximum Gasteiger partial charge on any atom is 0.416 e. The van der Waals surface area contributed by atoms with E-state index in [2.05, 4.69) is 5.32 Å². The summed E-state index contributed by atoms with van der Waals surface area (Å²) < 4.78 is 38.8. The van der Waals surface area contributed by atoms with Crippen LogP contribution in [0.3, 0.4) is 0 Å². The topological polar surface area (TPSA) is 92.5 Å². The molecular formula is C16H13F3N2O4. The molecule has 25 heavy (non-hydrogen) atoms. The van der Waals surface area contributed by atoms with Crippen molar-refractivity contribution in [3.8, 4) is 0 Å². The average Bonchev–Trinajstić information content (AvgIpc) is 2.58. The fourth-order valence-electron chi connectivity index (χ4n) is 2.27. The van der Waals surface area contributed by atoms with E-state index in [0.29, 0.717) is 0 Å². The molecule has 2 N–H and O–H groups in total. The Morgan fingerprint density at radius 2 is 1.76 bits per heavy atom. The summed E-state index contributed by atoms with van der Waals surface area (Å²) in [5, 5.41) is 23.1. The molecule has 0 radical (unpaired) electrons. The Balaban J connectivity index is 2.15. The zero-order valence-electron chi connectivity index (χ0n) is 12.7. The van der Waals surface area contributed by atoms with Crippen molar-refractivity contribution in [1.29, 1.82) is 0 Å². The molecule has 2 rings (SSSR count). The van der Waals surface area contributed by atoms with Crippen molar-refractivity contribution in [2.45, 2.75) is 12.3 Å². The van der Waals surface area contributed by atoms with Crippen LogP contribution in [0.4, 0.5) is 18.9 Å². The summed E-state index contributed by atoms with van der Waals surface area (Å²) in [5.41, 5.74) is -2.09. The van der Waals surface area contributed by atoms with Gasteiger partial charge in [0.1, 0.15) is 5.56 Å². The number of alkyl halides is 3. The van der Waals surface area contributed by atoms with Crippen LogP contribution in [0.15, 0.2) is 48.5 Å². The highest BCUT2D eigenvalue weighted by molar-refractivity contribution is 5.98. The monoisotopic (exact) mass is 354 g/mol. The molecule has 2 aromatic carbocycles. The SMILES string of the molecule is O=C(NCC(O)c1ccccc1C(F)(F)F)c1ccccc1[N+](=O)[O-]. The van der Waals surface area contributed by atoms with E-state index in [1.165, 1.54) is 30.3 Å². The molecule has 0 heterocycles. The van der Waals surface area contributed by atoms with Crippen molar-refractivity contribution in [3.63, 3.8) is 0 Å². The number of carbonyl (C=O) groups is 1. The zero-order chi connectivity index (χ0) is 18.6. The normalized spacial score (nSPS) is 12.5. The van der Waals surface area contributed by atoms with E-state index in [1.807, 2.05) is 0 Å². The minimum absolute atomic E-state index is 0.246. The number of benzene rings is 2. The van der Waals surface area contributed by atoms with Gasteiger partial charge in [0.25, 0.3) is 11.6 Å². The molecule has 0 saturated carbocycles. The Hall–Kier alpha value is -2.94. The molecule has 0 aliphatic rings. The molecule has 132 valence electrons. The van der Waals surface area contributed by atoms with Gasteiger partial charge in [-0.2, -0.15) is 13.2 Å². The van der Waals surface area contributed by atoms with Crippen LogP contribution in [0.2, 0.25) is 0 Å². The van der Waals surface area contributed by atoms with Crippen LogP contribution in [0.1, 0.15) is 27.6 Å². The van der Waals surface area contributed by atoms with Gasteiger partial charge < -0.3 is 10.4 Å². The first-order valence-corrected chi connectivity index (χ1v) is 7.07. The van der Waals surface area contributed by atoms with E-state index >= 15 is 0 Å². The summed E-state index contributed by atoms with van der Waals surface area (Å²) in [5.74, 6) is -0.865. The molecular weight excluding hydrogens is 341 g/mol. The second-order valence-corrected chi connectivity index (χ2v) is 5.09. The van der Waals surface area contributed by atoms with E-state index in [-0.39, 0.29) is 5.56 Å². The Morgan fingerprint density at radius 1 is 1.16 bits per heavy atom.